The quantitative estimate of drug-likeness (QED) is 0.783. The summed E-state index contributed by atoms with van der Waals surface area (Å²) < 4.78 is 2.67. The Morgan fingerprint density at radius 2 is 1.81 bits per heavy atom. The molecule has 1 heterocycles. The Kier molecular flexibility index (Phi) is 4.05. The molecule has 1 fully saturated rings. The largest absolute Gasteiger partial charge is 0.324 e. The van der Waals surface area contributed by atoms with E-state index < -0.39 is 0 Å². The summed E-state index contributed by atoms with van der Waals surface area (Å²) in [4.78, 5) is 11.8. The Morgan fingerprint density at radius 1 is 1.25 bits per heavy atom. The molecule has 2 rings (SSSR count). The van der Waals surface area contributed by atoms with Gasteiger partial charge in [0.05, 0.1) is 11.6 Å². The molecule has 1 aromatic carbocycles. The van der Waals surface area contributed by atoms with Crippen molar-refractivity contribution >= 4 is 59.4 Å². The van der Waals surface area contributed by atoms with Gasteiger partial charge in [0.2, 0.25) is 5.91 Å². The second kappa shape index (κ2) is 5.16. The van der Waals surface area contributed by atoms with Gasteiger partial charge >= 0.3 is 0 Å². The molecule has 0 aliphatic carbocycles. The lowest BCUT2D eigenvalue weighted by atomic mass is 10.0. The Labute approximate surface area is 119 Å². The number of amides is 1. The van der Waals surface area contributed by atoms with Crippen LogP contribution in [0.1, 0.15) is 0 Å². The molecular weight excluding hydrogens is 404 g/mol. The van der Waals surface area contributed by atoms with E-state index in [1.165, 1.54) is 0 Å². The number of halogens is 3. The molecule has 0 aromatic heterocycles. The van der Waals surface area contributed by atoms with Gasteiger partial charge in [-0.05, 0) is 44.0 Å². The van der Waals surface area contributed by atoms with Crippen LogP contribution in [0.15, 0.2) is 25.6 Å². The number of hydrogen-bond donors (Lipinski definition) is 2. The highest BCUT2D eigenvalue weighted by Crippen LogP contribution is 2.34. The van der Waals surface area contributed by atoms with E-state index in [1.807, 2.05) is 12.1 Å². The molecule has 1 amide bonds. The van der Waals surface area contributed by atoms with Gasteiger partial charge in [-0.2, -0.15) is 0 Å². The van der Waals surface area contributed by atoms with Crippen molar-refractivity contribution in [2.24, 2.45) is 5.92 Å². The van der Waals surface area contributed by atoms with E-state index >= 15 is 0 Å². The minimum absolute atomic E-state index is 0.0578. The van der Waals surface area contributed by atoms with Crippen molar-refractivity contribution in [2.45, 2.75) is 0 Å². The number of nitrogens with one attached hydrogen (secondary N) is 2. The van der Waals surface area contributed by atoms with Crippen LogP contribution in [0.3, 0.4) is 0 Å². The molecule has 1 saturated heterocycles. The standard InChI is InChI=1S/C10H9Br3N2O/c11-6-1-7(12)9(8(13)2-6)15-10(16)5-3-14-4-5/h1-2,5,14H,3-4H2,(H,15,16). The van der Waals surface area contributed by atoms with Crippen molar-refractivity contribution in [3.8, 4) is 0 Å². The predicted octanol–water partition coefficient (Wildman–Crippen LogP) is 3.13. The average Bonchev–Trinajstić information content (AvgIpc) is 2.08. The van der Waals surface area contributed by atoms with Gasteiger partial charge in [0.1, 0.15) is 0 Å². The summed E-state index contributed by atoms with van der Waals surface area (Å²) >= 11 is 10.2. The van der Waals surface area contributed by atoms with Crippen LogP contribution in [0.2, 0.25) is 0 Å². The average molecular weight is 413 g/mol. The third-order valence-electron chi connectivity index (χ3n) is 2.41. The first-order valence-corrected chi connectivity index (χ1v) is 7.12. The molecular formula is C10H9Br3N2O. The van der Waals surface area contributed by atoms with Crippen LogP contribution >= 0.6 is 47.8 Å². The highest BCUT2D eigenvalue weighted by Gasteiger charge is 2.25. The third kappa shape index (κ3) is 2.67. The molecule has 16 heavy (non-hydrogen) atoms. The van der Waals surface area contributed by atoms with E-state index in [1.54, 1.807) is 0 Å². The molecule has 1 aromatic rings. The van der Waals surface area contributed by atoms with E-state index in [0.29, 0.717) is 0 Å². The molecule has 2 N–H and O–H groups in total. The summed E-state index contributed by atoms with van der Waals surface area (Å²) in [5, 5.41) is 5.99. The van der Waals surface area contributed by atoms with Gasteiger partial charge in [0.25, 0.3) is 0 Å². The Balaban J connectivity index is 2.17. The van der Waals surface area contributed by atoms with E-state index in [4.69, 9.17) is 0 Å². The molecule has 1 aliphatic rings. The zero-order valence-corrected chi connectivity index (χ0v) is 12.9. The van der Waals surface area contributed by atoms with Crippen LogP contribution in [0.4, 0.5) is 5.69 Å². The summed E-state index contributed by atoms with van der Waals surface area (Å²) in [7, 11) is 0. The van der Waals surface area contributed by atoms with Crippen molar-refractivity contribution in [2.75, 3.05) is 18.4 Å². The van der Waals surface area contributed by atoms with Crippen LogP contribution in [-0.2, 0) is 4.79 Å². The van der Waals surface area contributed by atoms with Crippen LogP contribution in [0, 0.1) is 5.92 Å². The number of rotatable bonds is 2. The molecule has 0 unspecified atom stereocenters. The zero-order valence-electron chi connectivity index (χ0n) is 8.19. The van der Waals surface area contributed by atoms with Crippen LogP contribution in [-0.4, -0.2) is 19.0 Å². The molecule has 0 spiro atoms. The fraction of sp³-hybridized carbons (Fsp3) is 0.300. The lowest BCUT2D eigenvalue weighted by Crippen LogP contribution is -2.48. The van der Waals surface area contributed by atoms with Crippen molar-refractivity contribution in [3.63, 3.8) is 0 Å². The predicted molar refractivity (Wildman–Crippen MR) is 74.5 cm³/mol. The van der Waals surface area contributed by atoms with Gasteiger partial charge in [0.15, 0.2) is 0 Å². The highest BCUT2D eigenvalue weighted by molar-refractivity contribution is 9.11. The number of carbonyl (C=O) groups excluding carboxylic acids is 1. The lowest BCUT2D eigenvalue weighted by molar-refractivity contribution is -0.121. The van der Waals surface area contributed by atoms with Gasteiger partial charge in [-0.1, -0.05) is 15.9 Å². The van der Waals surface area contributed by atoms with Gasteiger partial charge in [-0.3, -0.25) is 4.79 Å². The van der Waals surface area contributed by atoms with Crippen LogP contribution in [0.25, 0.3) is 0 Å². The fourth-order valence-electron chi connectivity index (χ4n) is 1.36. The summed E-state index contributed by atoms with van der Waals surface area (Å²) in [6.45, 7) is 1.52. The van der Waals surface area contributed by atoms with Crippen molar-refractivity contribution in [1.29, 1.82) is 0 Å². The minimum atomic E-state index is 0.0578. The molecule has 86 valence electrons. The second-order valence-corrected chi connectivity index (χ2v) is 6.21. The van der Waals surface area contributed by atoms with Crippen LogP contribution in [0.5, 0.6) is 0 Å². The zero-order chi connectivity index (χ0) is 11.7. The van der Waals surface area contributed by atoms with Crippen molar-refractivity contribution in [1.82, 2.24) is 5.32 Å². The normalized spacial score (nSPS) is 15.7. The molecule has 0 bridgehead atoms. The first kappa shape index (κ1) is 12.5. The molecule has 3 nitrogen and oxygen atoms in total. The summed E-state index contributed by atoms with van der Waals surface area (Å²) in [5.41, 5.74) is 0.778. The molecule has 0 saturated carbocycles. The SMILES string of the molecule is O=C(Nc1c(Br)cc(Br)cc1Br)C1CNC1. The van der Waals surface area contributed by atoms with E-state index in [9.17, 15) is 4.79 Å². The van der Waals surface area contributed by atoms with Crippen LogP contribution < -0.4 is 10.6 Å². The monoisotopic (exact) mass is 410 g/mol. The van der Waals surface area contributed by atoms with Crippen molar-refractivity contribution in [3.05, 3.63) is 25.6 Å². The van der Waals surface area contributed by atoms with Gasteiger partial charge < -0.3 is 10.6 Å². The van der Waals surface area contributed by atoms with Gasteiger partial charge in [-0.25, -0.2) is 0 Å². The first-order chi connectivity index (χ1) is 7.58. The number of anilines is 1. The summed E-state index contributed by atoms with van der Waals surface area (Å²) in [6, 6.07) is 3.80. The summed E-state index contributed by atoms with van der Waals surface area (Å²) in [6.07, 6.45) is 0. The molecule has 0 radical (unpaired) electrons. The topological polar surface area (TPSA) is 41.1 Å². The smallest absolute Gasteiger partial charge is 0.230 e. The molecule has 1 aliphatic heterocycles. The van der Waals surface area contributed by atoms with Gasteiger partial charge in [0, 0.05) is 26.5 Å². The minimum Gasteiger partial charge on any atom is -0.324 e. The Morgan fingerprint density at radius 3 is 2.25 bits per heavy atom. The maximum absolute atomic E-state index is 11.8. The highest BCUT2D eigenvalue weighted by atomic mass is 79.9. The second-order valence-electron chi connectivity index (χ2n) is 3.59. The first-order valence-electron chi connectivity index (χ1n) is 4.74. The van der Waals surface area contributed by atoms with E-state index in [-0.39, 0.29) is 11.8 Å². The maximum Gasteiger partial charge on any atom is 0.230 e. The fourth-order valence-corrected chi connectivity index (χ4v) is 3.82. The third-order valence-corrected chi connectivity index (χ3v) is 4.12. The van der Waals surface area contributed by atoms with Gasteiger partial charge in [-0.15, -0.1) is 0 Å². The van der Waals surface area contributed by atoms with E-state index in [0.717, 1.165) is 32.2 Å². The molecule has 0 atom stereocenters. The van der Waals surface area contributed by atoms with E-state index in [2.05, 4.69) is 58.4 Å². The Bertz CT molecular complexity index is 409. The van der Waals surface area contributed by atoms with Crippen molar-refractivity contribution < 1.29 is 4.79 Å². The number of hydrogen-bond acceptors (Lipinski definition) is 2. The maximum atomic E-state index is 11.8. The number of benzene rings is 1. The number of carbonyl (C=O) groups is 1. The lowest BCUT2D eigenvalue weighted by Gasteiger charge is -2.26. The molecule has 6 heteroatoms. The summed E-state index contributed by atoms with van der Waals surface area (Å²) in [5.74, 6) is 0.143. The Hall–Kier alpha value is 0.0900.